The van der Waals surface area contributed by atoms with Gasteiger partial charge in [-0.2, -0.15) is 4.37 Å². The molecule has 0 bridgehead atoms. The van der Waals surface area contributed by atoms with Gasteiger partial charge in [0.25, 0.3) is 0 Å². The maximum absolute atomic E-state index is 4.32. The molecule has 0 spiro atoms. The van der Waals surface area contributed by atoms with Crippen molar-refractivity contribution in [3.8, 4) is 0 Å². The van der Waals surface area contributed by atoms with Crippen molar-refractivity contribution in [2.24, 2.45) is 0 Å². The molecule has 1 atom stereocenters. The Morgan fingerprint density at radius 3 is 3.06 bits per heavy atom. The summed E-state index contributed by atoms with van der Waals surface area (Å²) in [7, 11) is 0. The minimum Gasteiger partial charge on any atom is -0.309 e. The van der Waals surface area contributed by atoms with E-state index in [1.165, 1.54) is 16.4 Å². The molecule has 0 aromatic carbocycles. The molecule has 17 heavy (non-hydrogen) atoms. The standard InChI is InChI=1S/C11H15N3S3/c1-8(10-4-3-6-15-10)12-5-7-16-11-13-9(2)14-17-11/h3-4,6,8,12H,5,7H2,1-2H3. The summed E-state index contributed by atoms with van der Waals surface area (Å²) in [5.41, 5.74) is 0. The third kappa shape index (κ3) is 4.06. The van der Waals surface area contributed by atoms with E-state index in [1.807, 2.05) is 6.92 Å². The van der Waals surface area contributed by atoms with Crippen LogP contribution in [0.5, 0.6) is 0 Å². The first kappa shape index (κ1) is 13.0. The molecule has 0 aliphatic rings. The molecular formula is C11H15N3S3. The van der Waals surface area contributed by atoms with Crippen molar-refractivity contribution in [2.75, 3.05) is 12.3 Å². The molecule has 2 heterocycles. The smallest absolute Gasteiger partial charge is 0.170 e. The Hall–Kier alpha value is -0.430. The average molecular weight is 285 g/mol. The Balaban J connectivity index is 1.66. The van der Waals surface area contributed by atoms with Crippen LogP contribution in [0.1, 0.15) is 23.7 Å². The van der Waals surface area contributed by atoms with Gasteiger partial charge in [-0.05, 0) is 36.8 Å². The van der Waals surface area contributed by atoms with E-state index in [0.29, 0.717) is 6.04 Å². The fourth-order valence-corrected chi connectivity index (χ4v) is 3.74. The Labute approximate surface area is 114 Å². The van der Waals surface area contributed by atoms with Crippen LogP contribution in [0.2, 0.25) is 0 Å². The molecule has 92 valence electrons. The van der Waals surface area contributed by atoms with Crippen molar-refractivity contribution in [3.63, 3.8) is 0 Å². The predicted octanol–water partition coefficient (Wildman–Crippen LogP) is 3.35. The number of nitrogens with zero attached hydrogens (tertiary/aromatic N) is 2. The first-order valence-corrected chi connectivity index (χ1v) is 8.09. The monoisotopic (exact) mass is 285 g/mol. The topological polar surface area (TPSA) is 37.8 Å². The van der Waals surface area contributed by atoms with Gasteiger partial charge in [0.05, 0.1) is 0 Å². The number of aryl methyl sites for hydroxylation is 1. The fraction of sp³-hybridized carbons (Fsp3) is 0.455. The number of aromatic nitrogens is 2. The largest absolute Gasteiger partial charge is 0.309 e. The minimum atomic E-state index is 0.437. The highest BCUT2D eigenvalue weighted by Gasteiger charge is 2.05. The average Bonchev–Trinajstić information content (AvgIpc) is 2.95. The van der Waals surface area contributed by atoms with Gasteiger partial charge in [-0.25, -0.2) is 4.98 Å². The van der Waals surface area contributed by atoms with Crippen molar-refractivity contribution in [2.45, 2.75) is 24.2 Å². The van der Waals surface area contributed by atoms with E-state index in [9.17, 15) is 0 Å². The van der Waals surface area contributed by atoms with Crippen molar-refractivity contribution >= 4 is 34.6 Å². The summed E-state index contributed by atoms with van der Waals surface area (Å²) in [6, 6.07) is 4.70. The Kier molecular flexibility index (Phi) is 4.97. The first-order chi connectivity index (χ1) is 8.25. The molecule has 0 aliphatic heterocycles. The van der Waals surface area contributed by atoms with Crippen LogP contribution < -0.4 is 5.32 Å². The molecule has 6 heteroatoms. The SMILES string of the molecule is Cc1nsc(SCCNC(C)c2cccs2)n1. The summed E-state index contributed by atoms with van der Waals surface area (Å²) in [4.78, 5) is 5.71. The van der Waals surface area contributed by atoms with Crippen LogP contribution in [0.3, 0.4) is 0 Å². The molecule has 3 nitrogen and oxygen atoms in total. The van der Waals surface area contributed by atoms with Crippen molar-refractivity contribution < 1.29 is 0 Å². The summed E-state index contributed by atoms with van der Waals surface area (Å²) in [6.07, 6.45) is 0. The van der Waals surface area contributed by atoms with E-state index in [1.54, 1.807) is 23.1 Å². The van der Waals surface area contributed by atoms with E-state index in [-0.39, 0.29) is 0 Å². The minimum absolute atomic E-state index is 0.437. The second kappa shape index (κ2) is 6.49. The van der Waals surface area contributed by atoms with E-state index in [0.717, 1.165) is 22.5 Å². The lowest BCUT2D eigenvalue weighted by Crippen LogP contribution is -2.20. The van der Waals surface area contributed by atoms with Crippen LogP contribution in [-0.2, 0) is 0 Å². The van der Waals surface area contributed by atoms with Crippen molar-refractivity contribution in [1.29, 1.82) is 0 Å². The van der Waals surface area contributed by atoms with Crippen molar-refractivity contribution in [3.05, 3.63) is 28.2 Å². The van der Waals surface area contributed by atoms with E-state index < -0.39 is 0 Å². The zero-order chi connectivity index (χ0) is 12.1. The molecular weight excluding hydrogens is 270 g/mol. The quantitative estimate of drug-likeness (QED) is 0.652. The maximum atomic E-state index is 4.32. The lowest BCUT2D eigenvalue weighted by atomic mass is 10.3. The molecule has 0 radical (unpaired) electrons. The van der Waals surface area contributed by atoms with Crippen LogP contribution in [0.25, 0.3) is 0 Å². The van der Waals surface area contributed by atoms with E-state index in [4.69, 9.17) is 0 Å². The van der Waals surface area contributed by atoms with Crippen LogP contribution in [0, 0.1) is 6.92 Å². The van der Waals surface area contributed by atoms with Gasteiger partial charge < -0.3 is 5.32 Å². The number of thioether (sulfide) groups is 1. The number of rotatable bonds is 6. The third-order valence-corrected chi connectivity index (χ3v) is 5.24. The summed E-state index contributed by atoms with van der Waals surface area (Å²) in [5, 5.41) is 5.63. The zero-order valence-electron chi connectivity index (χ0n) is 9.84. The molecule has 0 amide bonds. The molecule has 1 N–H and O–H groups in total. The van der Waals surface area contributed by atoms with Gasteiger partial charge in [-0.15, -0.1) is 11.3 Å². The normalized spacial score (nSPS) is 12.8. The number of nitrogens with one attached hydrogen (secondary N) is 1. The van der Waals surface area contributed by atoms with Gasteiger partial charge in [0.1, 0.15) is 5.82 Å². The second-order valence-electron chi connectivity index (χ2n) is 3.65. The molecule has 0 saturated heterocycles. The highest BCUT2D eigenvalue weighted by molar-refractivity contribution is 8.00. The van der Waals surface area contributed by atoms with Crippen LogP contribution in [0.4, 0.5) is 0 Å². The Morgan fingerprint density at radius 2 is 2.41 bits per heavy atom. The molecule has 0 fully saturated rings. The predicted molar refractivity (Wildman–Crippen MR) is 76.1 cm³/mol. The fourth-order valence-electron chi connectivity index (χ4n) is 1.39. The summed E-state index contributed by atoms with van der Waals surface area (Å²) in [6.45, 7) is 5.12. The highest BCUT2D eigenvalue weighted by atomic mass is 32.2. The molecule has 2 aromatic rings. The molecule has 1 unspecified atom stereocenters. The Morgan fingerprint density at radius 1 is 1.53 bits per heavy atom. The number of hydrogen-bond acceptors (Lipinski definition) is 6. The first-order valence-electron chi connectivity index (χ1n) is 5.45. The molecule has 0 saturated carbocycles. The summed E-state index contributed by atoms with van der Waals surface area (Å²) < 4.78 is 5.23. The zero-order valence-corrected chi connectivity index (χ0v) is 12.3. The summed E-state index contributed by atoms with van der Waals surface area (Å²) >= 11 is 5.05. The van der Waals surface area contributed by atoms with Gasteiger partial charge in [0.2, 0.25) is 0 Å². The van der Waals surface area contributed by atoms with Gasteiger partial charge in [0.15, 0.2) is 4.34 Å². The van der Waals surface area contributed by atoms with E-state index >= 15 is 0 Å². The van der Waals surface area contributed by atoms with Gasteiger partial charge in [-0.1, -0.05) is 17.8 Å². The maximum Gasteiger partial charge on any atom is 0.170 e. The van der Waals surface area contributed by atoms with Crippen molar-refractivity contribution in [1.82, 2.24) is 14.7 Å². The number of thiophene rings is 1. The van der Waals surface area contributed by atoms with Gasteiger partial charge in [0, 0.05) is 23.2 Å². The second-order valence-corrected chi connectivity index (χ2v) is 6.72. The number of hydrogen-bond donors (Lipinski definition) is 1. The van der Waals surface area contributed by atoms with Crippen LogP contribution in [0.15, 0.2) is 21.9 Å². The van der Waals surface area contributed by atoms with E-state index in [2.05, 4.69) is 39.1 Å². The van der Waals surface area contributed by atoms with Crippen LogP contribution in [-0.4, -0.2) is 21.7 Å². The van der Waals surface area contributed by atoms with Gasteiger partial charge in [-0.3, -0.25) is 0 Å². The molecule has 2 aromatic heterocycles. The Bertz CT molecular complexity index is 439. The third-order valence-electron chi connectivity index (χ3n) is 2.26. The highest BCUT2D eigenvalue weighted by Crippen LogP contribution is 2.20. The van der Waals surface area contributed by atoms with Crippen LogP contribution >= 0.6 is 34.6 Å². The molecule has 0 aliphatic carbocycles. The lowest BCUT2D eigenvalue weighted by molar-refractivity contribution is 0.610. The lowest BCUT2D eigenvalue weighted by Gasteiger charge is -2.10. The van der Waals surface area contributed by atoms with Gasteiger partial charge >= 0.3 is 0 Å². The summed E-state index contributed by atoms with van der Waals surface area (Å²) in [5.74, 6) is 1.90. The molecule has 2 rings (SSSR count).